The molecule has 94 valence electrons. The van der Waals surface area contributed by atoms with E-state index in [4.69, 9.17) is 23.2 Å². The molecule has 0 aliphatic heterocycles. The van der Waals surface area contributed by atoms with Crippen LogP contribution in [0.4, 0.5) is 0 Å². The van der Waals surface area contributed by atoms with E-state index in [2.05, 4.69) is 15.1 Å². The maximum atomic E-state index is 5.85. The van der Waals surface area contributed by atoms with Crippen LogP contribution in [0.25, 0.3) is 0 Å². The lowest BCUT2D eigenvalue weighted by Crippen LogP contribution is -2.18. The van der Waals surface area contributed by atoms with Crippen LogP contribution in [0.15, 0.2) is 36.4 Å². The van der Waals surface area contributed by atoms with Crippen molar-refractivity contribution < 1.29 is 0 Å². The first-order chi connectivity index (χ1) is 8.63. The highest BCUT2D eigenvalue weighted by molar-refractivity contribution is 6.30. The van der Waals surface area contributed by atoms with Crippen molar-refractivity contribution in [1.82, 2.24) is 15.1 Å². The summed E-state index contributed by atoms with van der Waals surface area (Å²) in [7, 11) is 2.03. The van der Waals surface area contributed by atoms with E-state index in [9.17, 15) is 0 Å². The van der Waals surface area contributed by atoms with Crippen molar-refractivity contribution in [2.75, 3.05) is 7.05 Å². The predicted molar refractivity (Wildman–Crippen MR) is 73.7 cm³/mol. The Morgan fingerprint density at radius 2 is 1.67 bits per heavy atom. The van der Waals surface area contributed by atoms with Gasteiger partial charge in [-0.25, -0.2) is 0 Å². The Morgan fingerprint density at radius 3 is 2.28 bits per heavy atom. The lowest BCUT2D eigenvalue weighted by Gasteiger charge is -2.15. The molecule has 0 fully saturated rings. The fourth-order valence-electron chi connectivity index (χ4n) is 1.66. The minimum atomic E-state index is 0.416. The monoisotopic (exact) mass is 281 g/mol. The summed E-state index contributed by atoms with van der Waals surface area (Å²) in [6.07, 6.45) is 0. The Balaban J connectivity index is 1.94. The lowest BCUT2D eigenvalue weighted by atomic mass is 10.2. The molecule has 0 radical (unpaired) electrons. The van der Waals surface area contributed by atoms with E-state index < -0.39 is 0 Å². The van der Waals surface area contributed by atoms with Gasteiger partial charge in [0.25, 0.3) is 0 Å². The molecule has 0 aliphatic rings. The normalized spacial score (nSPS) is 10.9. The van der Waals surface area contributed by atoms with Crippen molar-refractivity contribution in [2.45, 2.75) is 13.1 Å². The first-order valence-electron chi connectivity index (χ1n) is 5.54. The Hall–Kier alpha value is -1.16. The molecule has 1 aromatic carbocycles. The molecule has 1 aromatic heterocycles. The van der Waals surface area contributed by atoms with E-state index in [1.807, 2.05) is 37.4 Å². The topological polar surface area (TPSA) is 29.0 Å². The second-order valence-electron chi connectivity index (χ2n) is 4.15. The summed E-state index contributed by atoms with van der Waals surface area (Å²) in [6, 6.07) is 11.5. The highest BCUT2D eigenvalue weighted by Gasteiger charge is 2.03. The molecular formula is C13H13Cl2N3. The van der Waals surface area contributed by atoms with Gasteiger partial charge in [0, 0.05) is 18.1 Å². The number of halogens is 2. The van der Waals surface area contributed by atoms with Gasteiger partial charge in [-0.15, -0.1) is 5.10 Å². The molecule has 0 aliphatic carbocycles. The quantitative estimate of drug-likeness (QED) is 0.860. The molecule has 0 saturated carbocycles. The van der Waals surface area contributed by atoms with Crippen LogP contribution in [0.1, 0.15) is 11.3 Å². The molecule has 0 amide bonds. The van der Waals surface area contributed by atoms with Gasteiger partial charge in [0.05, 0.1) is 5.69 Å². The maximum Gasteiger partial charge on any atom is 0.151 e. The van der Waals surface area contributed by atoms with Crippen LogP contribution in [-0.4, -0.2) is 22.1 Å². The number of benzene rings is 1. The van der Waals surface area contributed by atoms with E-state index in [-0.39, 0.29) is 0 Å². The third kappa shape index (κ3) is 3.95. The minimum Gasteiger partial charge on any atom is -0.296 e. The summed E-state index contributed by atoms with van der Waals surface area (Å²) >= 11 is 11.5. The van der Waals surface area contributed by atoms with Crippen LogP contribution in [0, 0.1) is 0 Å². The Morgan fingerprint density at radius 1 is 0.944 bits per heavy atom. The minimum absolute atomic E-state index is 0.416. The zero-order chi connectivity index (χ0) is 13.0. The summed E-state index contributed by atoms with van der Waals surface area (Å²) in [5.41, 5.74) is 2.11. The van der Waals surface area contributed by atoms with Crippen LogP contribution in [0.3, 0.4) is 0 Å². The highest BCUT2D eigenvalue weighted by Crippen LogP contribution is 2.12. The Kier molecular flexibility index (Phi) is 4.53. The number of hydrogen-bond acceptors (Lipinski definition) is 3. The van der Waals surface area contributed by atoms with E-state index >= 15 is 0 Å². The number of nitrogens with zero attached hydrogens (tertiary/aromatic N) is 3. The number of hydrogen-bond donors (Lipinski definition) is 0. The predicted octanol–water partition coefficient (Wildman–Crippen LogP) is 3.42. The standard InChI is InChI=1S/C13H13Cl2N3/c1-18(8-10-2-4-11(14)5-3-10)9-12-6-7-13(15)17-16-12/h2-7H,8-9H2,1H3. The fraction of sp³-hybridized carbons (Fsp3) is 0.231. The molecule has 5 heteroatoms. The third-order valence-electron chi connectivity index (χ3n) is 2.48. The molecule has 0 atom stereocenters. The third-order valence-corrected chi connectivity index (χ3v) is 2.94. The zero-order valence-corrected chi connectivity index (χ0v) is 11.5. The van der Waals surface area contributed by atoms with Gasteiger partial charge >= 0.3 is 0 Å². The number of rotatable bonds is 4. The van der Waals surface area contributed by atoms with E-state index in [0.717, 1.165) is 23.8 Å². The van der Waals surface area contributed by atoms with Gasteiger partial charge in [0.15, 0.2) is 5.15 Å². The van der Waals surface area contributed by atoms with Crippen LogP contribution >= 0.6 is 23.2 Å². The average Bonchev–Trinajstić information content (AvgIpc) is 2.35. The van der Waals surface area contributed by atoms with E-state index in [1.54, 1.807) is 6.07 Å². The van der Waals surface area contributed by atoms with Gasteiger partial charge in [-0.1, -0.05) is 35.3 Å². The van der Waals surface area contributed by atoms with Crippen molar-refractivity contribution >= 4 is 23.2 Å². The average molecular weight is 282 g/mol. The van der Waals surface area contributed by atoms with E-state index in [0.29, 0.717) is 5.15 Å². The van der Waals surface area contributed by atoms with Crippen LogP contribution in [-0.2, 0) is 13.1 Å². The van der Waals surface area contributed by atoms with Crippen molar-refractivity contribution in [3.8, 4) is 0 Å². The molecule has 0 spiro atoms. The fourth-order valence-corrected chi connectivity index (χ4v) is 1.89. The summed E-state index contributed by atoms with van der Waals surface area (Å²) in [4.78, 5) is 2.15. The van der Waals surface area contributed by atoms with Gasteiger partial charge in [-0.05, 0) is 36.9 Å². The molecule has 0 bridgehead atoms. The van der Waals surface area contributed by atoms with Gasteiger partial charge in [0.2, 0.25) is 0 Å². The zero-order valence-electron chi connectivity index (χ0n) is 9.98. The Bertz CT molecular complexity index is 449. The first-order valence-corrected chi connectivity index (χ1v) is 6.30. The van der Waals surface area contributed by atoms with Crippen LogP contribution in [0.2, 0.25) is 10.2 Å². The second kappa shape index (κ2) is 6.14. The van der Waals surface area contributed by atoms with Crippen LogP contribution in [0.5, 0.6) is 0 Å². The summed E-state index contributed by atoms with van der Waals surface area (Å²) in [5, 5.41) is 9.02. The summed E-state index contributed by atoms with van der Waals surface area (Å²) < 4.78 is 0. The highest BCUT2D eigenvalue weighted by atomic mass is 35.5. The maximum absolute atomic E-state index is 5.85. The van der Waals surface area contributed by atoms with Gasteiger partial charge in [-0.2, -0.15) is 5.10 Å². The van der Waals surface area contributed by atoms with Gasteiger partial charge < -0.3 is 0 Å². The Labute approximate surface area is 116 Å². The largest absolute Gasteiger partial charge is 0.296 e. The van der Waals surface area contributed by atoms with Crippen molar-refractivity contribution in [2.24, 2.45) is 0 Å². The second-order valence-corrected chi connectivity index (χ2v) is 4.97. The SMILES string of the molecule is CN(Cc1ccc(Cl)cc1)Cc1ccc(Cl)nn1. The smallest absolute Gasteiger partial charge is 0.151 e. The van der Waals surface area contributed by atoms with Crippen molar-refractivity contribution in [3.05, 3.63) is 57.8 Å². The molecule has 18 heavy (non-hydrogen) atoms. The number of aromatic nitrogens is 2. The van der Waals surface area contributed by atoms with Crippen LogP contribution < -0.4 is 0 Å². The van der Waals surface area contributed by atoms with E-state index in [1.165, 1.54) is 5.56 Å². The molecule has 3 nitrogen and oxygen atoms in total. The van der Waals surface area contributed by atoms with Gasteiger partial charge in [-0.3, -0.25) is 4.90 Å². The molecular weight excluding hydrogens is 269 g/mol. The molecule has 0 unspecified atom stereocenters. The molecule has 2 rings (SSSR count). The summed E-state index contributed by atoms with van der Waals surface area (Å²) in [6.45, 7) is 1.56. The van der Waals surface area contributed by atoms with Crippen molar-refractivity contribution in [1.29, 1.82) is 0 Å². The van der Waals surface area contributed by atoms with Crippen molar-refractivity contribution in [3.63, 3.8) is 0 Å². The first kappa shape index (κ1) is 13.3. The van der Waals surface area contributed by atoms with Gasteiger partial charge in [0.1, 0.15) is 0 Å². The molecule has 1 heterocycles. The summed E-state index contributed by atoms with van der Waals surface area (Å²) in [5.74, 6) is 0. The molecule has 0 N–H and O–H groups in total. The lowest BCUT2D eigenvalue weighted by molar-refractivity contribution is 0.314. The molecule has 2 aromatic rings. The molecule has 0 saturated heterocycles.